The van der Waals surface area contributed by atoms with E-state index >= 15 is 0 Å². The lowest BCUT2D eigenvalue weighted by atomic mass is 9.87. The number of rotatable bonds is 10. The van der Waals surface area contributed by atoms with Crippen LogP contribution in [0.3, 0.4) is 0 Å². The Morgan fingerprint density at radius 3 is 1.57 bits per heavy atom. The second-order valence-corrected chi connectivity index (χ2v) is 15.6. The van der Waals surface area contributed by atoms with Gasteiger partial charge in [-0.3, -0.25) is 19.4 Å². The lowest BCUT2D eigenvalue weighted by molar-refractivity contribution is 0.923. The van der Waals surface area contributed by atoms with Crippen LogP contribution in [0.25, 0.3) is 93.8 Å². The summed E-state index contributed by atoms with van der Waals surface area (Å²) in [5, 5.41) is 4.71. The summed E-state index contributed by atoms with van der Waals surface area (Å²) in [7, 11) is 0. The van der Waals surface area contributed by atoms with Crippen LogP contribution in [0.15, 0.2) is 201 Å². The number of aryl methyl sites for hydroxylation is 4. The van der Waals surface area contributed by atoms with E-state index in [0.717, 1.165) is 65.7 Å². The molecule has 298 valence electrons. The van der Waals surface area contributed by atoms with Crippen LogP contribution in [0.5, 0.6) is 0 Å². The summed E-state index contributed by atoms with van der Waals surface area (Å²) >= 11 is 0. The Kier molecular flexibility index (Phi) is 7.19. The summed E-state index contributed by atoms with van der Waals surface area (Å²) in [4.78, 5) is 19.2. The van der Waals surface area contributed by atoms with E-state index in [1.54, 1.807) is 24.3 Å². The highest BCUT2D eigenvalue weighted by molar-refractivity contribution is 6.33. The molecule has 0 N–H and O–H groups in total. The first-order valence-corrected chi connectivity index (χ1v) is 20.9. The third-order valence-corrected chi connectivity index (χ3v) is 11.8. The summed E-state index contributed by atoms with van der Waals surface area (Å²) in [6.45, 7) is 0. The maximum Gasteiger partial charge on any atom is 0.100 e. The zero-order chi connectivity index (χ0) is 48.9. The van der Waals surface area contributed by atoms with Gasteiger partial charge in [-0.1, -0.05) is 158 Å². The molecule has 0 spiro atoms. The molecule has 0 bridgehead atoms. The molecule has 0 saturated heterocycles. The fourth-order valence-corrected chi connectivity index (χ4v) is 8.87. The molecule has 7 aromatic carbocycles. The van der Waals surface area contributed by atoms with E-state index in [1.165, 1.54) is 30.6 Å². The number of fused-ring (bicyclic) bond motifs is 6. The largest absolute Gasteiger partial charge is 0.297 e. The maximum absolute atomic E-state index is 9.72. The van der Waals surface area contributed by atoms with Crippen molar-refractivity contribution in [3.05, 3.63) is 223 Å². The van der Waals surface area contributed by atoms with Gasteiger partial charge in [-0.25, -0.2) is 4.98 Å². The summed E-state index contributed by atoms with van der Waals surface area (Å²) in [5.41, 5.74) is 8.38. The van der Waals surface area contributed by atoms with Gasteiger partial charge in [-0.15, -0.1) is 0 Å². The van der Waals surface area contributed by atoms with Crippen molar-refractivity contribution in [2.75, 3.05) is 0 Å². The molecule has 0 aliphatic heterocycles. The van der Waals surface area contributed by atoms with E-state index in [9.17, 15) is 11.0 Å². The molecule has 0 unspecified atom stereocenters. The molecule has 5 aromatic heterocycles. The van der Waals surface area contributed by atoms with Crippen molar-refractivity contribution in [3.8, 4) is 44.8 Å². The number of nitrogens with zero attached hydrogens (tertiary/aromatic N) is 5. The van der Waals surface area contributed by atoms with Gasteiger partial charge in [0.2, 0.25) is 0 Å². The topological polar surface area (TPSA) is 56.0 Å². The van der Waals surface area contributed by atoms with E-state index in [1.807, 2.05) is 122 Å². The van der Waals surface area contributed by atoms with E-state index in [2.05, 4.69) is 38.6 Å². The van der Waals surface area contributed by atoms with Gasteiger partial charge in [0.1, 0.15) is 6.33 Å². The standard InChI is InChI=1S/C58H41N5/c1-3-13-42(14-4-1)51-29-27-38(34-59-51)23-25-40-31-41(26-24-39-28-30-52(60-35-39)43-15-5-2-6-16-43)33-44(32-40)45-17-7-8-18-46(45)50-36-61-56-49-21-11-12-22-53(49)63-37-62-57-48-20-10-9-19-47(48)54(50)55(56)58(57)63/h1-22,27-37H,23-26H2/i23D2,24D2,25D2,26D2. The number of imidazole rings is 1. The minimum absolute atomic E-state index is 0.0180. The molecule has 0 radical (unpaired) electrons. The van der Waals surface area contributed by atoms with Gasteiger partial charge in [0, 0.05) is 67.8 Å². The Balaban J connectivity index is 1.07. The number of pyridine rings is 4. The summed E-state index contributed by atoms with van der Waals surface area (Å²) in [6.07, 6.45) is -4.65. The molecule has 0 aliphatic rings. The van der Waals surface area contributed by atoms with E-state index in [-0.39, 0.29) is 22.3 Å². The third kappa shape index (κ3) is 6.57. The number of aromatic nitrogens is 5. The smallest absolute Gasteiger partial charge is 0.100 e. The van der Waals surface area contributed by atoms with Crippen molar-refractivity contribution < 1.29 is 11.0 Å². The first kappa shape index (κ1) is 29.3. The maximum atomic E-state index is 9.72. The molecular weight excluding hydrogens is 767 g/mol. The second kappa shape index (κ2) is 15.5. The Labute approximate surface area is 376 Å². The first-order chi connectivity index (χ1) is 34.3. The molecule has 5 heteroatoms. The molecule has 5 heterocycles. The van der Waals surface area contributed by atoms with Crippen LogP contribution in [0.2, 0.25) is 0 Å². The van der Waals surface area contributed by atoms with Crippen LogP contribution in [-0.2, 0) is 25.5 Å². The second-order valence-electron chi connectivity index (χ2n) is 15.6. The van der Waals surface area contributed by atoms with Crippen molar-refractivity contribution in [3.63, 3.8) is 0 Å². The SMILES string of the molecule is [2H]C([2H])(c1ccc(-c2ccccc2)nc1)C([2H])([2H])c1cc(-c2ccccc2-c2cnc3c4ccccc4n4cnc5c6ccccc6c2c3c54)cc(C([2H])([2H])C([2H])([2H])c2ccc(-c3ccccc3)nc2)c1. The monoisotopic (exact) mass is 815 g/mol. The van der Waals surface area contributed by atoms with Gasteiger partial charge in [0.25, 0.3) is 0 Å². The summed E-state index contributed by atoms with van der Waals surface area (Å²) in [6, 6.07) is 53.4. The van der Waals surface area contributed by atoms with E-state index in [0.29, 0.717) is 28.1 Å². The Bertz CT molecular complexity index is 3850. The van der Waals surface area contributed by atoms with Gasteiger partial charge in [0.15, 0.2) is 0 Å². The minimum Gasteiger partial charge on any atom is -0.297 e. The highest BCUT2D eigenvalue weighted by Crippen LogP contribution is 2.46. The Hall–Kier alpha value is -8.02. The van der Waals surface area contributed by atoms with Crippen LogP contribution in [0, 0.1) is 0 Å². The van der Waals surface area contributed by atoms with Crippen molar-refractivity contribution in [2.45, 2.75) is 25.5 Å². The van der Waals surface area contributed by atoms with Crippen molar-refractivity contribution in [2.24, 2.45) is 0 Å². The van der Waals surface area contributed by atoms with Crippen LogP contribution in [0.4, 0.5) is 0 Å². The van der Waals surface area contributed by atoms with E-state index < -0.39 is 25.5 Å². The zero-order valence-electron chi connectivity index (χ0n) is 41.8. The van der Waals surface area contributed by atoms with Crippen LogP contribution >= 0.6 is 0 Å². The fraction of sp³-hybridized carbons (Fsp3) is 0.0690. The van der Waals surface area contributed by atoms with E-state index in [4.69, 9.17) is 9.97 Å². The van der Waals surface area contributed by atoms with Gasteiger partial charge in [0.05, 0.1) is 33.5 Å². The first-order valence-electron chi connectivity index (χ1n) is 24.9. The van der Waals surface area contributed by atoms with Gasteiger partial charge in [-0.05, 0) is 88.0 Å². The molecule has 0 atom stereocenters. The average molecular weight is 816 g/mol. The molecule has 0 saturated carbocycles. The van der Waals surface area contributed by atoms with Crippen LogP contribution in [-0.4, -0.2) is 24.3 Å². The zero-order valence-corrected chi connectivity index (χ0v) is 33.8. The lowest BCUT2D eigenvalue weighted by Crippen LogP contribution is -1.99. The molecular formula is C58H41N5. The third-order valence-electron chi connectivity index (χ3n) is 11.8. The molecule has 12 rings (SSSR count). The van der Waals surface area contributed by atoms with Crippen LogP contribution < -0.4 is 0 Å². The van der Waals surface area contributed by atoms with Crippen LogP contribution in [0.1, 0.15) is 33.2 Å². The van der Waals surface area contributed by atoms with Crippen molar-refractivity contribution in [1.82, 2.24) is 24.3 Å². The number of benzene rings is 7. The minimum atomic E-state index is -2.81. The van der Waals surface area contributed by atoms with Gasteiger partial charge in [-0.2, -0.15) is 0 Å². The van der Waals surface area contributed by atoms with Crippen molar-refractivity contribution in [1.29, 1.82) is 0 Å². The Morgan fingerprint density at radius 2 is 0.937 bits per heavy atom. The molecule has 0 amide bonds. The lowest BCUT2D eigenvalue weighted by Gasteiger charge is -2.19. The molecule has 0 fully saturated rings. The Morgan fingerprint density at radius 1 is 0.381 bits per heavy atom. The fourth-order valence-electron chi connectivity index (χ4n) is 8.87. The number of para-hydroxylation sites is 1. The highest BCUT2D eigenvalue weighted by atomic mass is 15.0. The predicted octanol–water partition coefficient (Wildman–Crippen LogP) is 13.8. The molecule has 5 nitrogen and oxygen atoms in total. The number of hydrogen-bond acceptors (Lipinski definition) is 4. The highest BCUT2D eigenvalue weighted by Gasteiger charge is 2.23. The molecule has 63 heavy (non-hydrogen) atoms. The normalized spacial score (nSPS) is 14.5. The predicted molar refractivity (Wildman–Crippen MR) is 259 cm³/mol. The average Bonchev–Trinajstić information content (AvgIpc) is 3.87. The molecule has 0 aliphatic carbocycles. The molecule has 12 aromatic rings. The summed E-state index contributed by atoms with van der Waals surface area (Å²) in [5.74, 6) is 0. The van der Waals surface area contributed by atoms with Gasteiger partial charge < -0.3 is 0 Å². The summed E-state index contributed by atoms with van der Waals surface area (Å²) < 4.78 is 78.9. The van der Waals surface area contributed by atoms with Crippen molar-refractivity contribution >= 4 is 49.0 Å². The number of hydrogen-bond donors (Lipinski definition) is 0. The quantitative estimate of drug-likeness (QED) is 0.102. The van der Waals surface area contributed by atoms with Gasteiger partial charge >= 0.3 is 0 Å².